The van der Waals surface area contributed by atoms with Gasteiger partial charge in [-0.2, -0.15) is 5.10 Å². The highest BCUT2D eigenvalue weighted by atomic mass is 35.5. The molecule has 8 heteroatoms. The zero-order valence-corrected chi connectivity index (χ0v) is 18.6. The fourth-order valence-corrected chi connectivity index (χ4v) is 3.48. The monoisotopic (exact) mass is 463 g/mol. The van der Waals surface area contributed by atoms with Gasteiger partial charge < -0.3 is 10.1 Å². The summed E-state index contributed by atoms with van der Waals surface area (Å²) in [6, 6.07) is 18.9. The maximum atomic E-state index is 13.6. The van der Waals surface area contributed by atoms with Gasteiger partial charge in [0.05, 0.1) is 18.4 Å². The summed E-state index contributed by atoms with van der Waals surface area (Å²) in [4.78, 5) is 26.3. The number of nitrogens with one attached hydrogen (secondary N) is 1. The van der Waals surface area contributed by atoms with Crippen molar-refractivity contribution in [1.29, 1.82) is 0 Å². The summed E-state index contributed by atoms with van der Waals surface area (Å²) in [6.45, 7) is 1.58. The standard InChI is InChI=1S/C25H19ClFN3O3/c1-15-23(31)22(17-4-3-5-21(14-17)33-2)24(28-25(32)16-6-8-18(26)9-7-16)30(29-15)20-12-10-19(27)11-13-20/h3-14H,1-2H3,(H,28,32). The number of rotatable bonds is 5. The average Bonchev–Trinajstić information content (AvgIpc) is 2.82. The number of carbonyl (C=O) groups excluding carboxylic acids is 1. The Morgan fingerprint density at radius 1 is 1.06 bits per heavy atom. The van der Waals surface area contributed by atoms with Crippen molar-refractivity contribution in [2.24, 2.45) is 0 Å². The molecule has 4 aromatic rings. The molecule has 0 saturated heterocycles. The van der Waals surface area contributed by atoms with Crippen molar-refractivity contribution in [3.63, 3.8) is 0 Å². The van der Waals surface area contributed by atoms with Gasteiger partial charge in [0.2, 0.25) is 5.43 Å². The van der Waals surface area contributed by atoms with E-state index in [0.717, 1.165) is 0 Å². The summed E-state index contributed by atoms with van der Waals surface area (Å²) >= 11 is 5.94. The number of benzene rings is 3. The van der Waals surface area contributed by atoms with E-state index in [0.29, 0.717) is 27.6 Å². The number of anilines is 1. The van der Waals surface area contributed by atoms with Gasteiger partial charge >= 0.3 is 0 Å². The minimum Gasteiger partial charge on any atom is -0.497 e. The molecule has 166 valence electrons. The van der Waals surface area contributed by atoms with Crippen LogP contribution in [0.4, 0.5) is 10.2 Å². The van der Waals surface area contributed by atoms with Crippen molar-refractivity contribution in [2.45, 2.75) is 6.92 Å². The Morgan fingerprint density at radius 2 is 1.76 bits per heavy atom. The zero-order chi connectivity index (χ0) is 23.5. The third-order valence-electron chi connectivity index (χ3n) is 5.02. The van der Waals surface area contributed by atoms with Crippen molar-refractivity contribution in [3.8, 4) is 22.6 Å². The lowest BCUT2D eigenvalue weighted by Crippen LogP contribution is -2.25. The van der Waals surface area contributed by atoms with Gasteiger partial charge in [0, 0.05) is 10.6 Å². The number of amides is 1. The van der Waals surface area contributed by atoms with E-state index in [1.165, 1.54) is 36.1 Å². The van der Waals surface area contributed by atoms with E-state index < -0.39 is 11.7 Å². The molecule has 0 saturated carbocycles. The molecule has 1 amide bonds. The van der Waals surface area contributed by atoms with Crippen molar-refractivity contribution in [3.05, 3.63) is 105 Å². The molecule has 6 nitrogen and oxygen atoms in total. The van der Waals surface area contributed by atoms with Crippen molar-refractivity contribution in [1.82, 2.24) is 9.78 Å². The highest BCUT2D eigenvalue weighted by molar-refractivity contribution is 6.30. The third kappa shape index (κ3) is 4.63. The second-order valence-corrected chi connectivity index (χ2v) is 7.66. The number of hydrogen-bond donors (Lipinski definition) is 1. The van der Waals surface area contributed by atoms with Crippen LogP contribution in [-0.4, -0.2) is 22.8 Å². The molecule has 0 radical (unpaired) electrons. The van der Waals surface area contributed by atoms with Gasteiger partial charge in [0.15, 0.2) is 0 Å². The summed E-state index contributed by atoms with van der Waals surface area (Å²) < 4.78 is 20.3. The fourth-order valence-electron chi connectivity index (χ4n) is 3.35. The zero-order valence-electron chi connectivity index (χ0n) is 17.8. The fraction of sp³-hybridized carbons (Fsp3) is 0.0800. The molecule has 0 unspecified atom stereocenters. The third-order valence-corrected chi connectivity index (χ3v) is 5.27. The predicted octanol–water partition coefficient (Wildman–Crippen LogP) is 5.26. The maximum absolute atomic E-state index is 13.6. The topological polar surface area (TPSA) is 73.2 Å². The molecule has 4 rings (SSSR count). The van der Waals surface area contributed by atoms with Gasteiger partial charge in [-0.1, -0.05) is 23.7 Å². The molecule has 33 heavy (non-hydrogen) atoms. The summed E-state index contributed by atoms with van der Waals surface area (Å²) in [5, 5.41) is 7.68. The summed E-state index contributed by atoms with van der Waals surface area (Å²) in [6.07, 6.45) is 0. The normalized spacial score (nSPS) is 10.7. The first-order valence-electron chi connectivity index (χ1n) is 9.98. The van der Waals surface area contributed by atoms with E-state index in [1.54, 1.807) is 55.5 Å². The molecule has 1 aromatic heterocycles. The van der Waals surface area contributed by atoms with Crippen molar-refractivity contribution < 1.29 is 13.9 Å². The molecule has 3 aromatic carbocycles. The molecule has 0 fully saturated rings. The van der Waals surface area contributed by atoms with Crippen LogP contribution in [0.15, 0.2) is 77.6 Å². The molecule has 0 aliphatic rings. The largest absolute Gasteiger partial charge is 0.497 e. The summed E-state index contributed by atoms with van der Waals surface area (Å²) in [5.74, 6) is -0.192. The van der Waals surface area contributed by atoms with E-state index in [-0.39, 0.29) is 22.5 Å². The molecular weight excluding hydrogens is 445 g/mol. The molecule has 0 bridgehead atoms. The SMILES string of the molecule is COc1cccc(-c2c(NC(=O)c3ccc(Cl)cc3)n(-c3ccc(F)cc3)nc(C)c2=O)c1. The van der Waals surface area contributed by atoms with E-state index in [9.17, 15) is 14.0 Å². The first kappa shape index (κ1) is 22.2. The molecular formula is C25H19ClFN3O3. The molecule has 0 aliphatic carbocycles. The van der Waals surface area contributed by atoms with Gasteiger partial charge in [0.25, 0.3) is 5.91 Å². The highest BCUT2D eigenvalue weighted by Gasteiger charge is 2.21. The second kappa shape index (κ2) is 9.26. The number of aryl methyl sites for hydroxylation is 1. The Hall–Kier alpha value is -3.97. The van der Waals surface area contributed by atoms with Crippen LogP contribution in [-0.2, 0) is 0 Å². The number of hydrogen-bond acceptors (Lipinski definition) is 4. The number of methoxy groups -OCH3 is 1. The number of ether oxygens (including phenoxy) is 1. The van der Waals surface area contributed by atoms with Crippen molar-refractivity contribution in [2.75, 3.05) is 12.4 Å². The predicted molar refractivity (Wildman–Crippen MR) is 126 cm³/mol. The molecule has 1 heterocycles. The Balaban J connectivity index is 1.96. The number of carbonyl (C=O) groups is 1. The van der Waals surface area contributed by atoms with Crippen LogP contribution in [0.5, 0.6) is 5.75 Å². The number of aromatic nitrogens is 2. The molecule has 0 atom stereocenters. The first-order chi connectivity index (χ1) is 15.9. The minimum absolute atomic E-state index is 0.144. The molecule has 0 spiro atoms. The minimum atomic E-state index is -0.461. The quantitative estimate of drug-likeness (QED) is 0.438. The van der Waals surface area contributed by atoms with Gasteiger partial charge in [-0.05, 0) is 73.2 Å². The van der Waals surface area contributed by atoms with Crippen LogP contribution in [0, 0.1) is 12.7 Å². The Kier molecular flexibility index (Phi) is 6.24. The first-order valence-corrected chi connectivity index (χ1v) is 10.4. The van der Waals surface area contributed by atoms with Gasteiger partial charge in [-0.3, -0.25) is 9.59 Å². The van der Waals surface area contributed by atoms with E-state index in [1.807, 2.05) is 0 Å². The van der Waals surface area contributed by atoms with Crippen LogP contribution in [0.3, 0.4) is 0 Å². The lowest BCUT2D eigenvalue weighted by molar-refractivity contribution is 0.102. The highest BCUT2D eigenvalue weighted by Crippen LogP contribution is 2.30. The summed E-state index contributed by atoms with van der Waals surface area (Å²) in [5.41, 5.74) is 1.43. The van der Waals surface area contributed by atoms with E-state index >= 15 is 0 Å². The Bertz CT molecular complexity index is 1380. The summed E-state index contributed by atoms with van der Waals surface area (Å²) in [7, 11) is 1.52. The van der Waals surface area contributed by atoms with Gasteiger partial charge in [-0.25, -0.2) is 9.07 Å². The van der Waals surface area contributed by atoms with E-state index in [2.05, 4.69) is 10.4 Å². The Labute approximate surface area is 194 Å². The van der Waals surface area contributed by atoms with Crippen LogP contribution in [0.25, 0.3) is 16.8 Å². The smallest absolute Gasteiger partial charge is 0.256 e. The maximum Gasteiger partial charge on any atom is 0.256 e. The van der Waals surface area contributed by atoms with E-state index in [4.69, 9.17) is 16.3 Å². The molecule has 1 N–H and O–H groups in total. The lowest BCUT2D eigenvalue weighted by Gasteiger charge is -2.18. The Morgan fingerprint density at radius 3 is 2.42 bits per heavy atom. The van der Waals surface area contributed by atoms with Crippen LogP contribution >= 0.6 is 11.6 Å². The lowest BCUT2D eigenvalue weighted by atomic mass is 10.0. The van der Waals surface area contributed by atoms with Crippen LogP contribution in [0.1, 0.15) is 16.1 Å². The van der Waals surface area contributed by atoms with Gasteiger partial charge in [-0.15, -0.1) is 0 Å². The van der Waals surface area contributed by atoms with Crippen LogP contribution in [0.2, 0.25) is 5.02 Å². The number of nitrogens with zero attached hydrogens (tertiary/aromatic N) is 2. The average molecular weight is 464 g/mol. The van der Waals surface area contributed by atoms with Gasteiger partial charge in [0.1, 0.15) is 23.1 Å². The second-order valence-electron chi connectivity index (χ2n) is 7.22. The van der Waals surface area contributed by atoms with Crippen LogP contribution < -0.4 is 15.5 Å². The number of halogens is 2. The van der Waals surface area contributed by atoms with Crippen molar-refractivity contribution >= 4 is 23.3 Å². The molecule has 0 aliphatic heterocycles.